The van der Waals surface area contributed by atoms with Gasteiger partial charge < -0.3 is 14.8 Å². The van der Waals surface area contributed by atoms with Crippen molar-refractivity contribution in [1.82, 2.24) is 4.72 Å². The molecule has 0 unspecified atom stereocenters. The number of sulfonamides is 1. The van der Waals surface area contributed by atoms with Gasteiger partial charge in [-0.15, -0.1) is 0 Å². The zero-order chi connectivity index (χ0) is 19.2. The molecule has 0 spiro atoms. The Bertz CT molecular complexity index is 833. The molecule has 1 atom stereocenters. The van der Waals surface area contributed by atoms with Gasteiger partial charge >= 0.3 is 0 Å². The first-order chi connectivity index (χ1) is 12.3. The van der Waals surface area contributed by atoms with Crippen LogP contribution < -0.4 is 19.5 Å². The summed E-state index contributed by atoms with van der Waals surface area (Å²) in [7, 11) is -2.10. The van der Waals surface area contributed by atoms with Crippen molar-refractivity contribution < 1.29 is 22.7 Å². The Morgan fingerprint density at radius 1 is 1.04 bits per heavy atom. The Morgan fingerprint density at radius 2 is 1.62 bits per heavy atom. The number of methoxy groups -OCH3 is 1. The summed E-state index contributed by atoms with van der Waals surface area (Å²) in [5.41, 5.74) is 0.535. The summed E-state index contributed by atoms with van der Waals surface area (Å²) >= 11 is 0. The highest BCUT2D eigenvalue weighted by Crippen LogP contribution is 2.18. The largest absolute Gasteiger partial charge is 0.497 e. The fraction of sp³-hybridized carbons (Fsp3) is 0.278. The third kappa shape index (κ3) is 5.75. The number of nitrogens with one attached hydrogen (secondary N) is 2. The van der Waals surface area contributed by atoms with Gasteiger partial charge in [0.15, 0.2) is 0 Å². The average molecular weight is 378 g/mol. The van der Waals surface area contributed by atoms with Crippen LogP contribution in [-0.4, -0.2) is 34.1 Å². The van der Waals surface area contributed by atoms with E-state index in [-0.39, 0.29) is 17.4 Å². The molecule has 0 aromatic heterocycles. The normalized spacial score (nSPS) is 12.3. The second-order valence-electron chi connectivity index (χ2n) is 5.71. The SMILES string of the molecule is COc1ccc(OC[C@H](C)NS(=O)(=O)c2ccc(NC(C)=O)cc2)cc1. The Balaban J connectivity index is 1.93. The summed E-state index contributed by atoms with van der Waals surface area (Å²) in [5, 5.41) is 2.59. The molecule has 2 aromatic rings. The average Bonchev–Trinajstić information content (AvgIpc) is 2.60. The zero-order valence-electron chi connectivity index (χ0n) is 14.9. The van der Waals surface area contributed by atoms with E-state index in [9.17, 15) is 13.2 Å². The molecule has 2 rings (SSSR count). The summed E-state index contributed by atoms with van der Waals surface area (Å²) in [5.74, 6) is 1.12. The van der Waals surface area contributed by atoms with Gasteiger partial charge in [0.1, 0.15) is 18.1 Å². The molecule has 0 radical (unpaired) electrons. The van der Waals surface area contributed by atoms with Gasteiger partial charge in [0.25, 0.3) is 0 Å². The van der Waals surface area contributed by atoms with Crippen LogP contribution in [0, 0.1) is 0 Å². The van der Waals surface area contributed by atoms with Crippen LogP contribution in [0.5, 0.6) is 11.5 Å². The monoisotopic (exact) mass is 378 g/mol. The zero-order valence-corrected chi connectivity index (χ0v) is 15.7. The number of carbonyl (C=O) groups is 1. The quantitative estimate of drug-likeness (QED) is 0.736. The van der Waals surface area contributed by atoms with Gasteiger partial charge in [-0.3, -0.25) is 4.79 Å². The van der Waals surface area contributed by atoms with E-state index in [4.69, 9.17) is 9.47 Å². The molecular formula is C18H22N2O5S. The Morgan fingerprint density at radius 3 is 2.15 bits per heavy atom. The van der Waals surface area contributed by atoms with E-state index in [1.807, 2.05) is 0 Å². The summed E-state index contributed by atoms with van der Waals surface area (Å²) in [6.07, 6.45) is 0. The van der Waals surface area contributed by atoms with Crippen molar-refractivity contribution in [3.8, 4) is 11.5 Å². The van der Waals surface area contributed by atoms with Crippen LogP contribution in [0.4, 0.5) is 5.69 Å². The Kier molecular flexibility index (Phi) is 6.59. The lowest BCUT2D eigenvalue weighted by Crippen LogP contribution is -2.36. The predicted octanol–water partition coefficient (Wildman–Crippen LogP) is 2.40. The molecule has 8 heteroatoms. The summed E-state index contributed by atoms with van der Waals surface area (Å²) in [6, 6.07) is 12.5. The van der Waals surface area contributed by atoms with E-state index in [1.54, 1.807) is 38.3 Å². The molecule has 7 nitrogen and oxygen atoms in total. The summed E-state index contributed by atoms with van der Waals surface area (Å²) < 4.78 is 38.0. The Hall–Kier alpha value is -2.58. The number of anilines is 1. The van der Waals surface area contributed by atoms with E-state index in [0.29, 0.717) is 17.2 Å². The van der Waals surface area contributed by atoms with Crippen molar-refractivity contribution in [2.75, 3.05) is 19.0 Å². The molecule has 0 fully saturated rings. The molecule has 0 aliphatic rings. The minimum atomic E-state index is -3.68. The second kappa shape index (κ2) is 8.68. The maximum Gasteiger partial charge on any atom is 0.240 e. The number of rotatable bonds is 8. The lowest BCUT2D eigenvalue weighted by molar-refractivity contribution is -0.114. The highest BCUT2D eigenvalue weighted by atomic mass is 32.2. The topological polar surface area (TPSA) is 93.7 Å². The van der Waals surface area contributed by atoms with Gasteiger partial charge in [0, 0.05) is 12.6 Å². The minimum absolute atomic E-state index is 0.114. The van der Waals surface area contributed by atoms with Crippen LogP contribution in [0.2, 0.25) is 0 Å². The van der Waals surface area contributed by atoms with Crippen LogP contribution in [0.15, 0.2) is 53.4 Å². The highest BCUT2D eigenvalue weighted by molar-refractivity contribution is 7.89. The van der Waals surface area contributed by atoms with Crippen LogP contribution in [0.25, 0.3) is 0 Å². The van der Waals surface area contributed by atoms with Gasteiger partial charge in [-0.2, -0.15) is 0 Å². The molecular weight excluding hydrogens is 356 g/mol. The number of carbonyl (C=O) groups excluding carboxylic acids is 1. The fourth-order valence-electron chi connectivity index (χ4n) is 2.18. The van der Waals surface area contributed by atoms with Crippen LogP contribution in [-0.2, 0) is 14.8 Å². The summed E-state index contributed by atoms with van der Waals surface area (Å²) in [4.78, 5) is 11.1. The molecule has 26 heavy (non-hydrogen) atoms. The van der Waals surface area contributed by atoms with E-state index in [2.05, 4.69) is 10.0 Å². The molecule has 140 valence electrons. The molecule has 2 aromatic carbocycles. The number of amides is 1. The maximum atomic E-state index is 12.4. The first-order valence-corrected chi connectivity index (χ1v) is 9.45. The first kappa shape index (κ1) is 19.7. The molecule has 0 saturated heterocycles. The molecule has 0 saturated carbocycles. The molecule has 0 bridgehead atoms. The number of hydrogen-bond donors (Lipinski definition) is 2. The van der Waals surface area contributed by atoms with Gasteiger partial charge in [-0.05, 0) is 55.5 Å². The molecule has 0 aliphatic carbocycles. The third-order valence-electron chi connectivity index (χ3n) is 3.40. The van der Waals surface area contributed by atoms with Crippen molar-refractivity contribution in [2.24, 2.45) is 0 Å². The van der Waals surface area contributed by atoms with E-state index in [1.165, 1.54) is 31.2 Å². The molecule has 0 heterocycles. The lowest BCUT2D eigenvalue weighted by atomic mass is 10.3. The summed E-state index contributed by atoms with van der Waals surface area (Å²) in [6.45, 7) is 3.28. The van der Waals surface area contributed by atoms with Crippen molar-refractivity contribution in [3.05, 3.63) is 48.5 Å². The van der Waals surface area contributed by atoms with E-state index >= 15 is 0 Å². The second-order valence-corrected chi connectivity index (χ2v) is 7.43. The first-order valence-electron chi connectivity index (χ1n) is 7.97. The maximum absolute atomic E-state index is 12.4. The van der Waals surface area contributed by atoms with Gasteiger partial charge in [0.2, 0.25) is 15.9 Å². The number of hydrogen-bond acceptors (Lipinski definition) is 5. The van der Waals surface area contributed by atoms with Crippen LogP contribution in [0.1, 0.15) is 13.8 Å². The van der Waals surface area contributed by atoms with Crippen molar-refractivity contribution in [3.63, 3.8) is 0 Å². The molecule has 1 amide bonds. The number of ether oxygens (including phenoxy) is 2. The smallest absolute Gasteiger partial charge is 0.240 e. The Labute approximate surface area is 153 Å². The van der Waals surface area contributed by atoms with Crippen molar-refractivity contribution >= 4 is 21.6 Å². The van der Waals surface area contributed by atoms with Gasteiger partial charge in [-0.1, -0.05) is 0 Å². The lowest BCUT2D eigenvalue weighted by Gasteiger charge is -2.15. The van der Waals surface area contributed by atoms with Gasteiger partial charge in [0.05, 0.1) is 18.0 Å². The molecule has 2 N–H and O–H groups in total. The minimum Gasteiger partial charge on any atom is -0.497 e. The van der Waals surface area contributed by atoms with Crippen LogP contribution in [0.3, 0.4) is 0 Å². The third-order valence-corrected chi connectivity index (χ3v) is 5.01. The highest BCUT2D eigenvalue weighted by Gasteiger charge is 2.17. The fourth-order valence-corrected chi connectivity index (χ4v) is 3.41. The number of benzene rings is 2. The van der Waals surface area contributed by atoms with Crippen molar-refractivity contribution in [2.45, 2.75) is 24.8 Å². The van der Waals surface area contributed by atoms with Crippen molar-refractivity contribution in [1.29, 1.82) is 0 Å². The predicted molar refractivity (Wildman–Crippen MR) is 99.0 cm³/mol. The van der Waals surface area contributed by atoms with Gasteiger partial charge in [-0.25, -0.2) is 13.1 Å². The molecule has 0 aliphatic heterocycles. The standard InChI is InChI=1S/C18H22N2O5S/c1-13(12-25-17-8-6-16(24-3)7-9-17)20-26(22,23)18-10-4-15(5-11-18)19-14(2)21/h4-11,13,20H,12H2,1-3H3,(H,19,21)/t13-/m0/s1. The van der Waals surface area contributed by atoms with E-state index < -0.39 is 16.1 Å². The van der Waals surface area contributed by atoms with E-state index in [0.717, 1.165) is 0 Å². The van der Waals surface area contributed by atoms with Crippen LogP contribution >= 0.6 is 0 Å².